The number of rotatable bonds is 14. The highest BCUT2D eigenvalue weighted by molar-refractivity contribution is 7.09. The van der Waals surface area contributed by atoms with E-state index in [1.54, 1.807) is 55.2 Å². The van der Waals surface area contributed by atoms with Gasteiger partial charge in [0.1, 0.15) is 31.9 Å². The number of hydrogen-bond donors (Lipinski definition) is 0. The van der Waals surface area contributed by atoms with E-state index in [9.17, 15) is 9.59 Å². The first-order valence-electron chi connectivity index (χ1n) is 14.6. The second-order valence-electron chi connectivity index (χ2n) is 10.2. The number of benzene rings is 2. The molecule has 14 nitrogen and oxygen atoms in total. The van der Waals surface area contributed by atoms with E-state index in [1.165, 1.54) is 35.3 Å². The maximum Gasteiger partial charge on any atom is 0.410 e. The summed E-state index contributed by atoms with van der Waals surface area (Å²) in [7, 11) is 0. The van der Waals surface area contributed by atoms with Crippen LogP contribution in [0.1, 0.15) is 27.3 Å². The van der Waals surface area contributed by atoms with E-state index in [0.29, 0.717) is 32.6 Å². The van der Waals surface area contributed by atoms with Crippen LogP contribution in [-0.4, -0.2) is 74.6 Å². The molecule has 0 N–H and O–H groups in total. The van der Waals surface area contributed by atoms with Crippen molar-refractivity contribution < 1.29 is 19.1 Å². The van der Waals surface area contributed by atoms with E-state index in [0.717, 1.165) is 32.3 Å². The minimum Gasteiger partial charge on any atom is -0.449 e. The summed E-state index contributed by atoms with van der Waals surface area (Å²) in [6.07, 6.45) is 9.10. The Balaban J connectivity index is 1.06. The summed E-state index contributed by atoms with van der Waals surface area (Å²) in [5.41, 5.74) is 6.98. The molecule has 0 unspecified atom stereocenters. The fourth-order valence-corrected chi connectivity index (χ4v) is 5.72. The molecule has 240 valence electrons. The van der Waals surface area contributed by atoms with Crippen molar-refractivity contribution >= 4 is 34.9 Å². The zero-order valence-electron chi connectivity index (χ0n) is 25.1. The Morgan fingerprint density at radius 1 is 0.660 bits per heavy atom. The van der Waals surface area contributed by atoms with Crippen molar-refractivity contribution in [3.63, 3.8) is 0 Å². The fraction of sp³-hybridized carbons (Fsp3) is 0.226. The molecule has 6 aromatic rings. The molecule has 2 amide bonds. The molecule has 0 atom stereocenters. The van der Waals surface area contributed by atoms with Crippen molar-refractivity contribution in [2.45, 2.75) is 32.7 Å². The molecule has 0 aliphatic heterocycles. The summed E-state index contributed by atoms with van der Waals surface area (Å²) in [4.78, 5) is 47.6. The van der Waals surface area contributed by atoms with Gasteiger partial charge in [0.15, 0.2) is 0 Å². The standard InChI is InChI=1S/C31H30N10O4S2/c42-30(45-17-29-13-33-23-47-29)38(14-24-2-6-26(7-3-24)40-20-34-18-36-40)10-1-11-44-31(43)39(16-28-12-32-22-46-28)15-25-4-8-27(9-5-25)41-21-35-19-37-41/h2-9,12-13,18-23H,1,10-11,14-17H2. The Labute approximate surface area is 277 Å². The number of thiazole rings is 2. The third-order valence-corrected chi connectivity index (χ3v) is 8.47. The van der Waals surface area contributed by atoms with Crippen LogP contribution in [0.4, 0.5) is 9.59 Å². The molecule has 47 heavy (non-hydrogen) atoms. The van der Waals surface area contributed by atoms with Crippen LogP contribution in [0.5, 0.6) is 0 Å². The third kappa shape index (κ3) is 8.83. The van der Waals surface area contributed by atoms with Gasteiger partial charge < -0.3 is 14.4 Å². The molecule has 4 aromatic heterocycles. The van der Waals surface area contributed by atoms with Crippen molar-refractivity contribution in [2.75, 3.05) is 13.2 Å². The first-order chi connectivity index (χ1) is 23.1. The molecule has 0 aliphatic carbocycles. The third-order valence-electron chi connectivity index (χ3n) is 6.95. The Morgan fingerprint density at radius 3 is 1.74 bits per heavy atom. The minimum atomic E-state index is -0.466. The lowest BCUT2D eigenvalue weighted by Gasteiger charge is -2.24. The highest BCUT2D eigenvalue weighted by atomic mass is 32.1. The molecule has 4 heterocycles. The number of hydrogen-bond acceptors (Lipinski definition) is 12. The summed E-state index contributed by atoms with van der Waals surface area (Å²) in [6, 6.07) is 15.4. The van der Waals surface area contributed by atoms with Gasteiger partial charge in [0.2, 0.25) is 0 Å². The van der Waals surface area contributed by atoms with Crippen LogP contribution in [0.15, 0.2) is 97.3 Å². The van der Waals surface area contributed by atoms with Crippen molar-refractivity contribution in [1.29, 1.82) is 0 Å². The van der Waals surface area contributed by atoms with Gasteiger partial charge in [-0.3, -0.25) is 14.9 Å². The number of carbonyl (C=O) groups excluding carboxylic acids is 2. The molecule has 2 aromatic carbocycles. The van der Waals surface area contributed by atoms with Crippen LogP contribution < -0.4 is 0 Å². The highest BCUT2D eigenvalue weighted by Crippen LogP contribution is 2.17. The van der Waals surface area contributed by atoms with Gasteiger partial charge in [-0.25, -0.2) is 28.9 Å². The Morgan fingerprint density at radius 2 is 1.21 bits per heavy atom. The molecular formula is C31H30N10O4S2. The van der Waals surface area contributed by atoms with E-state index in [1.807, 2.05) is 48.5 Å². The van der Waals surface area contributed by atoms with Crippen molar-refractivity contribution in [1.82, 2.24) is 49.3 Å². The lowest BCUT2D eigenvalue weighted by molar-refractivity contribution is 0.0811. The molecule has 0 fully saturated rings. The predicted molar refractivity (Wildman–Crippen MR) is 173 cm³/mol. The predicted octanol–water partition coefficient (Wildman–Crippen LogP) is 5.13. The molecule has 0 radical (unpaired) electrons. The lowest BCUT2D eigenvalue weighted by atomic mass is 10.2. The van der Waals surface area contributed by atoms with Gasteiger partial charge in [-0.15, -0.1) is 22.7 Å². The Bertz CT molecular complexity index is 1800. The first kappa shape index (κ1) is 31.5. The highest BCUT2D eigenvalue weighted by Gasteiger charge is 2.20. The zero-order valence-corrected chi connectivity index (χ0v) is 26.7. The first-order valence-corrected chi connectivity index (χ1v) is 16.3. The van der Waals surface area contributed by atoms with E-state index in [-0.39, 0.29) is 13.2 Å². The molecule has 16 heteroatoms. The van der Waals surface area contributed by atoms with Crippen LogP contribution in [0.2, 0.25) is 0 Å². The van der Waals surface area contributed by atoms with Crippen LogP contribution in [0, 0.1) is 0 Å². The number of nitrogens with zero attached hydrogens (tertiary/aromatic N) is 10. The quantitative estimate of drug-likeness (QED) is 0.143. The van der Waals surface area contributed by atoms with Gasteiger partial charge in [0.25, 0.3) is 0 Å². The topological polar surface area (TPSA) is 146 Å². The summed E-state index contributed by atoms with van der Waals surface area (Å²) in [5, 5.41) is 8.31. The minimum absolute atomic E-state index is 0.118. The summed E-state index contributed by atoms with van der Waals surface area (Å²) in [5.74, 6) is 0. The molecule has 6 rings (SSSR count). The zero-order chi connectivity index (χ0) is 32.3. The number of ether oxygens (including phenoxy) is 2. The summed E-state index contributed by atoms with van der Waals surface area (Å²) in [6.45, 7) is 1.58. The molecule has 0 saturated heterocycles. The van der Waals surface area contributed by atoms with E-state index in [4.69, 9.17) is 9.47 Å². The summed E-state index contributed by atoms with van der Waals surface area (Å²) >= 11 is 2.89. The second kappa shape index (κ2) is 15.7. The number of aromatic nitrogens is 8. The van der Waals surface area contributed by atoms with Gasteiger partial charge in [-0.2, -0.15) is 10.2 Å². The van der Waals surface area contributed by atoms with E-state index in [2.05, 4.69) is 30.1 Å². The largest absolute Gasteiger partial charge is 0.449 e. The number of carbonyl (C=O) groups is 2. The van der Waals surface area contributed by atoms with Crippen LogP contribution in [0.25, 0.3) is 11.4 Å². The molecule has 0 saturated carbocycles. The molecule has 0 bridgehead atoms. The van der Waals surface area contributed by atoms with Crippen LogP contribution in [-0.2, 0) is 35.7 Å². The van der Waals surface area contributed by atoms with E-state index >= 15 is 0 Å². The Hall–Kier alpha value is -5.48. The SMILES string of the molecule is O=C(OCc1cncs1)N(CCCOC(=O)N(Cc1ccc(-n2cncn2)cc1)Cc1cncs1)Cc1ccc(-n2cncn2)cc1. The van der Waals surface area contributed by atoms with Crippen molar-refractivity contribution in [3.8, 4) is 11.4 Å². The van der Waals surface area contributed by atoms with Crippen molar-refractivity contribution in [2.24, 2.45) is 0 Å². The van der Waals surface area contributed by atoms with Gasteiger partial charge in [0, 0.05) is 36.9 Å². The fourth-order valence-electron chi connectivity index (χ4n) is 4.60. The van der Waals surface area contributed by atoms with Gasteiger partial charge in [0.05, 0.1) is 40.4 Å². The maximum absolute atomic E-state index is 13.3. The normalized spacial score (nSPS) is 10.9. The second-order valence-corrected chi connectivity index (χ2v) is 12.2. The van der Waals surface area contributed by atoms with Crippen molar-refractivity contribution in [3.05, 3.63) is 118 Å². The van der Waals surface area contributed by atoms with Gasteiger partial charge >= 0.3 is 12.2 Å². The molecule has 0 aliphatic rings. The van der Waals surface area contributed by atoms with E-state index < -0.39 is 12.2 Å². The van der Waals surface area contributed by atoms with Gasteiger partial charge in [-0.1, -0.05) is 24.3 Å². The monoisotopic (exact) mass is 670 g/mol. The average molecular weight is 671 g/mol. The smallest absolute Gasteiger partial charge is 0.410 e. The average Bonchev–Trinajstić information content (AvgIpc) is 3.94. The molecular weight excluding hydrogens is 641 g/mol. The van der Waals surface area contributed by atoms with Crippen LogP contribution in [0.3, 0.4) is 0 Å². The number of amides is 2. The molecule has 0 spiro atoms. The Kier molecular flexibility index (Phi) is 10.5. The van der Waals surface area contributed by atoms with Crippen LogP contribution >= 0.6 is 22.7 Å². The lowest BCUT2D eigenvalue weighted by Crippen LogP contribution is -2.34. The summed E-state index contributed by atoms with van der Waals surface area (Å²) < 4.78 is 14.6. The maximum atomic E-state index is 13.3. The van der Waals surface area contributed by atoms with Gasteiger partial charge in [-0.05, 0) is 41.8 Å².